The van der Waals surface area contributed by atoms with Gasteiger partial charge in [-0.1, -0.05) is 31.5 Å². The number of aryl methyl sites for hydroxylation is 3. The molecule has 2 aromatic rings. The number of pyridine rings is 1. The minimum absolute atomic E-state index is 0.398. The van der Waals surface area contributed by atoms with Crippen molar-refractivity contribution in [3.05, 3.63) is 53.2 Å². The molecule has 100 valence electrons. The molecule has 1 nitrogen and oxygen atoms in total. The highest BCUT2D eigenvalue weighted by atomic mass is 14.9. The molecular weight excluding hydrogens is 230 g/mol. The predicted octanol–water partition coefficient (Wildman–Crippen LogP) is 3.99. The van der Waals surface area contributed by atoms with Gasteiger partial charge in [0.1, 0.15) is 7.05 Å². The zero-order valence-corrected chi connectivity index (χ0v) is 12.2. The van der Waals surface area contributed by atoms with Crippen LogP contribution in [0.3, 0.4) is 0 Å². The summed E-state index contributed by atoms with van der Waals surface area (Å²) in [5.74, 6) is 0.611. The Balaban J connectivity index is 2.47. The summed E-state index contributed by atoms with van der Waals surface area (Å²) in [5, 5.41) is 0. The minimum atomic E-state index is -2.05. The summed E-state index contributed by atoms with van der Waals surface area (Å²) in [4.78, 5) is 0. The second-order valence-corrected chi connectivity index (χ2v) is 5.66. The van der Waals surface area contributed by atoms with Crippen LogP contribution in [-0.4, -0.2) is 0 Å². The molecule has 0 atom stereocenters. The van der Waals surface area contributed by atoms with Crippen molar-refractivity contribution in [2.45, 2.75) is 34.0 Å². The zero-order chi connectivity index (χ0) is 16.5. The second kappa shape index (κ2) is 5.56. The maximum atomic E-state index is 7.53. The Morgan fingerprint density at radius 2 is 2.00 bits per heavy atom. The van der Waals surface area contributed by atoms with E-state index in [2.05, 4.69) is 36.7 Å². The second-order valence-electron chi connectivity index (χ2n) is 5.66. The number of aromatic nitrogens is 1. The Kier molecular flexibility index (Phi) is 2.98. The van der Waals surface area contributed by atoms with Gasteiger partial charge in [-0.15, -0.1) is 0 Å². The molecule has 0 N–H and O–H groups in total. The molecule has 0 amide bonds. The predicted molar refractivity (Wildman–Crippen MR) is 81.1 cm³/mol. The van der Waals surface area contributed by atoms with Gasteiger partial charge in [-0.25, -0.2) is 4.57 Å². The molecule has 19 heavy (non-hydrogen) atoms. The van der Waals surface area contributed by atoms with E-state index in [9.17, 15) is 0 Å². The molecule has 1 heterocycles. The lowest BCUT2D eigenvalue weighted by atomic mass is 9.98. The fourth-order valence-corrected chi connectivity index (χ4v) is 2.43. The Bertz CT molecular complexity index is 673. The van der Waals surface area contributed by atoms with Gasteiger partial charge in [0.05, 0.1) is 0 Å². The maximum Gasteiger partial charge on any atom is 0.212 e. The summed E-state index contributed by atoms with van der Waals surface area (Å²) in [5.41, 5.74) is 4.90. The summed E-state index contributed by atoms with van der Waals surface area (Å²) in [7, 11) is 2.02. The monoisotopic (exact) mass is 257 g/mol. The molecule has 0 aliphatic rings. The summed E-state index contributed by atoms with van der Waals surface area (Å²) >= 11 is 0. The normalized spacial score (nSPS) is 14.1. The highest BCUT2D eigenvalue weighted by molar-refractivity contribution is 5.62. The first-order valence-corrected chi connectivity index (χ1v) is 6.78. The van der Waals surface area contributed by atoms with Crippen molar-refractivity contribution in [1.29, 1.82) is 0 Å². The van der Waals surface area contributed by atoms with Crippen LogP contribution in [-0.2, 0) is 13.5 Å². The quantitative estimate of drug-likeness (QED) is 0.732. The fourth-order valence-electron chi connectivity index (χ4n) is 2.43. The standard InChI is InChI=1S/C18H24N/c1-13(2)10-16-8-9-19(5)18(12-16)17-7-6-14(3)11-15(17)4/h6-9,11-13H,10H2,1-5H3/q+1/i3D3. The molecule has 0 saturated heterocycles. The third-order valence-corrected chi connectivity index (χ3v) is 3.36. The average molecular weight is 257 g/mol. The van der Waals surface area contributed by atoms with Gasteiger partial charge >= 0.3 is 0 Å². The van der Waals surface area contributed by atoms with Crippen molar-refractivity contribution in [1.82, 2.24) is 0 Å². The third kappa shape index (κ3) is 3.23. The van der Waals surface area contributed by atoms with Crippen LogP contribution in [0.15, 0.2) is 36.5 Å². The van der Waals surface area contributed by atoms with Crippen LogP contribution in [0.5, 0.6) is 0 Å². The van der Waals surface area contributed by atoms with Gasteiger partial charge in [-0.3, -0.25) is 0 Å². The molecule has 1 heteroatoms. The highest BCUT2D eigenvalue weighted by Crippen LogP contribution is 2.22. The van der Waals surface area contributed by atoms with E-state index in [4.69, 9.17) is 4.11 Å². The number of benzene rings is 1. The molecular formula is C18H24N+. The lowest BCUT2D eigenvalue weighted by molar-refractivity contribution is -0.660. The first-order valence-electron chi connectivity index (χ1n) is 8.28. The van der Waals surface area contributed by atoms with Gasteiger partial charge in [-0.2, -0.15) is 0 Å². The number of nitrogens with zero attached hydrogens (tertiary/aromatic N) is 1. The first kappa shape index (κ1) is 10.2. The molecule has 0 unspecified atom stereocenters. The van der Waals surface area contributed by atoms with Crippen LogP contribution in [0.25, 0.3) is 11.3 Å². The lowest BCUT2D eigenvalue weighted by Gasteiger charge is -2.09. The van der Waals surface area contributed by atoms with Crippen LogP contribution in [0, 0.1) is 19.7 Å². The van der Waals surface area contributed by atoms with Crippen molar-refractivity contribution in [2.75, 3.05) is 0 Å². The number of hydrogen-bond donors (Lipinski definition) is 0. The molecule has 0 aliphatic carbocycles. The highest BCUT2D eigenvalue weighted by Gasteiger charge is 2.13. The van der Waals surface area contributed by atoms with Crippen LogP contribution < -0.4 is 4.57 Å². The fraction of sp³-hybridized carbons (Fsp3) is 0.389. The molecule has 0 saturated carbocycles. The van der Waals surface area contributed by atoms with Crippen molar-refractivity contribution in [3.8, 4) is 11.3 Å². The lowest BCUT2D eigenvalue weighted by Crippen LogP contribution is -2.30. The van der Waals surface area contributed by atoms with Crippen LogP contribution >= 0.6 is 0 Å². The van der Waals surface area contributed by atoms with E-state index in [1.807, 2.05) is 20.0 Å². The van der Waals surface area contributed by atoms with Crippen molar-refractivity contribution in [3.63, 3.8) is 0 Å². The molecule has 0 radical (unpaired) electrons. The van der Waals surface area contributed by atoms with Crippen molar-refractivity contribution < 1.29 is 8.68 Å². The molecule has 1 aromatic heterocycles. The Hall–Kier alpha value is -1.63. The molecule has 0 spiro atoms. The van der Waals surface area contributed by atoms with Gasteiger partial charge in [-0.05, 0) is 43.3 Å². The summed E-state index contributed by atoms with van der Waals surface area (Å²) in [6, 6.07) is 9.76. The van der Waals surface area contributed by atoms with Crippen molar-refractivity contribution >= 4 is 0 Å². The minimum Gasteiger partial charge on any atom is -0.201 e. The van der Waals surface area contributed by atoms with Crippen LogP contribution in [0.4, 0.5) is 0 Å². The van der Waals surface area contributed by atoms with E-state index in [1.165, 1.54) is 5.56 Å². The zero-order valence-electron chi connectivity index (χ0n) is 15.2. The molecule has 1 aromatic carbocycles. The van der Waals surface area contributed by atoms with E-state index >= 15 is 0 Å². The van der Waals surface area contributed by atoms with Crippen LogP contribution in [0.2, 0.25) is 0 Å². The molecule has 0 bridgehead atoms. The van der Waals surface area contributed by atoms with Crippen molar-refractivity contribution in [2.24, 2.45) is 13.0 Å². The van der Waals surface area contributed by atoms with E-state index in [1.54, 1.807) is 12.1 Å². The molecule has 0 aliphatic heterocycles. The Morgan fingerprint density at radius 3 is 2.63 bits per heavy atom. The van der Waals surface area contributed by atoms with E-state index in [0.29, 0.717) is 11.5 Å². The first-order chi connectivity index (χ1) is 10.2. The molecule has 0 fully saturated rings. The Morgan fingerprint density at radius 1 is 1.21 bits per heavy atom. The smallest absolute Gasteiger partial charge is 0.201 e. The summed E-state index contributed by atoms with van der Waals surface area (Å²) in [6.45, 7) is 4.34. The topological polar surface area (TPSA) is 3.88 Å². The van der Waals surface area contributed by atoms with E-state index in [0.717, 1.165) is 23.2 Å². The average Bonchev–Trinajstić information content (AvgIpc) is 2.39. The number of rotatable bonds is 3. The third-order valence-electron chi connectivity index (χ3n) is 3.36. The van der Waals surface area contributed by atoms with Gasteiger partial charge in [0.2, 0.25) is 5.69 Å². The summed E-state index contributed by atoms with van der Waals surface area (Å²) < 4.78 is 24.7. The summed E-state index contributed by atoms with van der Waals surface area (Å²) in [6.07, 6.45) is 3.12. The van der Waals surface area contributed by atoms with Gasteiger partial charge in [0.25, 0.3) is 0 Å². The number of hydrogen-bond acceptors (Lipinski definition) is 0. The van der Waals surface area contributed by atoms with Gasteiger partial charge in [0, 0.05) is 21.8 Å². The largest absolute Gasteiger partial charge is 0.212 e. The maximum absolute atomic E-state index is 7.53. The van der Waals surface area contributed by atoms with Gasteiger partial charge in [0.15, 0.2) is 6.20 Å². The van der Waals surface area contributed by atoms with Gasteiger partial charge < -0.3 is 0 Å². The van der Waals surface area contributed by atoms with Crippen LogP contribution in [0.1, 0.15) is 34.7 Å². The Labute approximate surface area is 121 Å². The van der Waals surface area contributed by atoms with E-state index < -0.39 is 6.85 Å². The molecule has 2 rings (SSSR count). The van der Waals surface area contributed by atoms with E-state index in [-0.39, 0.29) is 0 Å². The SMILES string of the molecule is [2H]C([2H])([2H])c1ccc(-c2cc(CC(C)C)cc[n+]2C)c(C)c1.